The van der Waals surface area contributed by atoms with E-state index in [1.54, 1.807) is 7.11 Å². The number of fused-ring (bicyclic) bond motifs is 3. The van der Waals surface area contributed by atoms with Crippen LogP contribution in [-0.2, 0) is 6.42 Å². The highest BCUT2D eigenvalue weighted by molar-refractivity contribution is 5.88. The van der Waals surface area contributed by atoms with Gasteiger partial charge in [-0.1, -0.05) is 19.9 Å². The molecule has 1 unspecified atom stereocenters. The number of pyridine rings is 2. The number of hydrogen-bond acceptors (Lipinski definition) is 4. The summed E-state index contributed by atoms with van der Waals surface area (Å²) in [5.41, 5.74) is 4.87. The molecule has 30 heavy (non-hydrogen) atoms. The van der Waals surface area contributed by atoms with Gasteiger partial charge in [0.1, 0.15) is 11.3 Å². The number of nitrogens with zero attached hydrogens (tertiary/aromatic N) is 2. The molecule has 1 aliphatic heterocycles. The van der Waals surface area contributed by atoms with Crippen LogP contribution in [-0.4, -0.2) is 27.7 Å². The van der Waals surface area contributed by atoms with Crippen molar-refractivity contribution < 1.29 is 14.6 Å². The molecule has 4 rings (SSSR count). The lowest BCUT2D eigenvalue weighted by Gasteiger charge is -2.34. The highest BCUT2D eigenvalue weighted by Crippen LogP contribution is 2.42. The molecule has 0 aliphatic carbocycles. The molecule has 1 aromatic carbocycles. The molecule has 6 nitrogen and oxygen atoms in total. The molecule has 1 atom stereocenters. The number of aromatic carboxylic acids is 1. The summed E-state index contributed by atoms with van der Waals surface area (Å²) in [6.07, 6.45) is 4.05. The molecule has 3 heterocycles. The number of carboxylic acids is 1. The quantitative estimate of drug-likeness (QED) is 0.699. The van der Waals surface area contributed by atoms with E-state index in [-0.39, 0.29) is 17.5 Å². The zero-order valence-corrected chi connectivity index (χ0v) is 17.5. The number of ether oxygens (including phenoxy) is 1. The summed E-state index contributed by atoms with van der Waals surface area (Å²) in [6.45, 7) is 6.15. The van der Waals surface area contributed by atoms with E-state index in [2.05, 4.69) is 24.9 Å². The second-order valence-corrected chi connectivity index (χ2v) is 8.06. The van der Waals surface area contributed by atoms with Gasteiger partial charge in [0.15, 0.2) is 5.43 Å². The standard InChI is InChI=1S/C24H24N2O4/c1-13(2)20-8-16-7-18(15-6-5-14(3)25-11-15)23(30-4)9-17(16)21-10-22(27)19(24(28)29)12-26(20)21/h5-7,9-13,20H,8H2,1-4H3,(H,28,29). The molecule has 0 saturated heterocycles. The van der Waals surface area contributed by atoms with E-state index in [0.29, 0.717) is 5.75 Å². The molecule has 154 valence electrons. The minimum atomic E-state index is -1.21. The summed E-state index contributed by atoms with van der Waals surface area (Å²) in [4.78, 5) is 28.4. The van der Waals surface area contributed by atoms with Gasteiger partial charge in [-0.25, -0.2) is 4.79 Å². The van der Waals surface area contributed by atoms with E-state index in [1.807, 2.05) is 35.9 Å². The van der Waals surface area contributed by atoms with Crippen molar-refractivity contribution >= 4 is 5.97 Å². The predicted octanol–water partition coefficient (Wildman–Crippen LogP) is 4.35. The van der Waals surface area contributed by atoms with Crippen LogP contribution < -0.4 is 10.2 Å². The van der Waals surface area contributed by atoms with Gasteiger partial charge in [0.2, 0.25) is 0 Å². The van der Waals surface area contributed by atoms with Crippen LogP contribution in [0.4, 0.5) is 0 Å². The fraction of sp³-hybridized carbons (Fsp3) is 0.292. The first-order valence-electron chi connectivity index (χ1n) is 9.94. The molecule has 0 bridgehead atoms. The highest BCUT2D eigenvalue weighted by Gasteiger charge is 2.29. The summed E-state index contributed by atoms with van der Waals surface area (Å²) in [6, 6.07) is 9.51. The van der Waals surface area contributed by atoms with Crippen molar-refractivity contribution in [3.8, 4) is 28.1 Å². The molecule has 0 fully saturated rings. The van der Waals surface area contributed by atoms with Crippen molar-refractivity contribution in [2.75, 3.05) is 7.11 Å². The number of rotatable bonds is 4. The summed E-state index contributed by atoms with van der Waals surface area (Å²) in [5.74, 6) is -0.264. The van der Waals surface area contributed by atoms with Crippen LogP contribution in [0.25, 0.3) is 22.4 Å². The third kappa shape index (κ3) is 3.28. The summed E-state index contributed by atoms with van der Waals surface area (Å²) >= 11 is 0. The Bertz CT molecular complexity index is 1190. The molecule has 1 aliphatic rings. The van der Waals surface area contributed by atoms with Crippen molar-refractivity contribution in [2.24, 2.45) is 5.92 Å². The van der Waals surface area contributed by atoms with Crippen molar-refractivity contribution in [3.63, 3.8) is 0 Å². The number of benzene rings is 1. The zero-order valence-electron chi connectivity index (χ0n) is 17.5. The van der Waals surface area contributed by atoms with Crippen LogP contribution in [0, 0.1) is 12.8 Å². The molecule has 2 aromatic heterocycles. The first kappa shape index (κ1) is 19.9. The van der Waals surface area contributed by atoms with Gasteiger partial charge in [0.25, 0.3) is 0 Å². The van der Waals surface area contributed by atoms with Crippen LogP contribution in [0.15, 0.2) is 47.5 Å². The predicted molar refractivity (Wildman–Crippen MR) is 115 cm³/mol. The smallest absolute Gasteiger partial charge is 0.341 e. The van der Waals surface area contributed by atoms with Gasteiger partial charge in [-0.15, -0.1) is 0 Å². The van der Waals surface area contributed by atoms with Gasteiger partial charge in [-0.2, -0.15) is 0 Å². The van der Waals surface area contributed by atoms with Gasteiger partial charge >= 0.3 is 5.97 Å². The number of aromatic nitrogens is 2. The summed E-state index contributed by atoms with van der Waals surface area (Å²) in [5, 5.41) is 9.41. The largest absolute Gasteiger partial charge is 0.496 e. The van der Waals surface area contributed by atoms with Gasteiger partial charge in [0, 0.05) is 46.9 Å². The molecule has 0 spiro atoms. The van der Waals surface area contributed by atoms with Crippen LogP contribution in [0.1, 0.15) is 41.5 Å². The van der Waals surface area contributed by atoms with E-state index >= 15 is 0 Å². The first-order chi connectivity index (χ1) is 14.3. The third-order valence-electron chi connectivity index (χ3n) is 5.79. The third-order valence-corrected chi connectivity index (χ3v) is 5.79. The Labute approximate surface area is 174 Å². The minimum absolute atomic E-state index is 0.0450. The van der Waals surface area contributed by atoms with E-state index in [9.17, 15) is 14.7 Å². The Kier molecular flexibility index (Phi) is 4.94. The average molecular weight is 404 g/mol. The lowest BCUT2D eigenvalue weighted by Crippen LogP contribution is -2.28. The Morgan fingerprint density at radius 3 is 2.60 bits per heavy atom. The lowest BCUT2D eigenvalue weighted by atomic mass is 9.85. The number of methoxy groups -OCH3 is 1. The first-order valence-corrected chi connectivity index (χ1v) is 9.94. The molecular formula is C24H24N2O4. The Morgan fingerprint density at radius 2 is 2.00 bits per heavy atom. The normalized spacial score (nSPS) is 14.9. The molecule has 1 N–H and O–H groups in total. The van der Waals surface area contributed by atoms with Crippen LogP contribution in [0.3, 0.4) is 0 Å². The van der Waals surface area contributed by atoms with Crippen molar-refractivity contribution in [3.05, 3.63) is 69.8 Å². The topological polar surface area (TPSA) is 81.4 Å². The number of carboxylic acid groups (broad SMARTS) is 1. The number of aryl methyl sites for hydroxylation is 1. The average Bonchev–Trinajstić information content (AvgIpc) is 2.72. The maximum atomic E-state index is 12.5. The van der Waals surface area contributed by atoms with Crippen molar-refractivity contribution in [1.82, 2.24) is 9.55 Å². The van der Waals surface area contributed by atoms with Crippen molar-refractivity contribution in [1.29, 1.82) is 0 Å². The van der Waals surface area contributed by atoms with E-state index in [1.165, 1.54) is 12.3 Å². The minimum Gasteiger partial charge on any atom is -0.496 e. The highest BCUT2D eigenvalue weighted by atomic mass is 16.5. The molecule has 6 heteroatoms. The summed E-state index contributed by atoms with van der Waals surface area (Å²) in [7, 11) is 1.62. The van der Waals surface area contributed by atoms with Gasteiger partial charge in [-0.05, 0) is 43.0 Å². The van der Waals surface area contributed by atoms with Crippen molar-refractivity contribution in [2.45, 2.75) is 33.2 Å². The maximum Gasteiger partial charge on any atom is 0.341 e. The Hall–Kier alpha value is -3.41. The van der Waals surface area contributed by atoms with Crippen LogP contribution in [0.5, 0.6) is 5.75 Å². The molecule has 0 radical (unpaired) electrons. The molecule has 0 saturated carbocycles. The van der Waals surface area contributed by atoms with Gasteiger partial charge in [0.05, 0.1) is 12.8 Å². The Balaban J connectivity index is 1.96. The number of carbonyl (C=O) groups is 1. The van der Waals surface area contributed by atoms with E-state index in [4.69, 9.17) is 4.74 Å². The second kappa shape index (κ2) is 7.44. The fourth-order valence-corrected chi connectivity index (χ4v) is 4.13. The SMILES string of the molecule is COc1cc2c(cc1-c1ccc(C)nc1)CC(C(C)C)n1cc(C(=O)O)c(=O)cc1-2. The van der Waals surface area contributed by atoms with E-state index < -0.39 is 11.4 Å². The van der Waals surface area contributed by atoms with Crippen LogP contribution >= 0.6 is 0 Å². The maximum absolute atomic E-state index is 12.5. The molecule has 3 aromatic rings. The van der Waals surface area contributed by atoms with Gasteiger partial charge in [-0.3, -0.25) is 9.78 Å². The lowest BCUT2D eigenvalue weighted by molar-refractivity contribution is 0.0694. The Morgan fingerprint density at radius 1 is 1.23 bits per heavy atom. The van der Waals surface area contributed by atoms with Gasteiger partial charge < -0.3 is 14.4 Å². The summed E-state index contributed by atoms with van der Waals surface area (Å²) < 4.78 is 7.60. The fourth-order valence-electron chi connectivity index (χ4n) is 4.13. The monoisotopic (exact) mass is 404 g/mol. The molecule has 0 amide bonds. The van der Waals surface area contributed by atoms with Crippen LogP contribution in [0.2, 0.25) is 0 Å². The number of hydrogen-bond donors (Lipinski definition) is 1. The molecular weight excluding hydrogens is 380 g/mol. The van der Waals surface area contributed by atoms with E-state index in [0.717, 1.165) is 40.1 Å². The second-order valence-electron chi connectivity index (χ2n) is 8.06. The zero-order chi connectivity index (χ0) is 21.6.